The maximum atomic E-state index is 12.3. The summed E-state index contributed by atoms with van der Waals surface area (Å²) in [5.41, 5.74) is 1.02. The highest BCUT2D eigenvalue weighted by Crippen LogP contribution is 2.32. The number of hydrogen-bond donors (Lipinski definition) is 1. The fraction of sp³-hybridized carbons (Fsp3) is 0.316. The summed E-state index contributed by atoms with van der Waals surface area (Å²) < 4.78 is 21.1. The van der Waals surface area contributed by atoms with E-state index in [1.807, 2.05) is 6.07 Å². The summed E-state index contributed by atoms with van der Waals surface area (Å²) in [6.07, 6.45) is 0.546. The van der Waals surface area contributed by atoms with Crippen molar-refractivity contribution in [2.75, 3.05) is 13.4 Å². The van der Waals surface area contributed by atoms with Gasteiger partial charge in [0.15, 0.2) is 17.6 Å². The summed E-state index contributed by atoms with van der Waals surface area (Å²) in [6.45, 7) is 4.12. The van der Waals surface area contributed by atoms with Crippen molar-refractivity contribution in [3.63, 3.8) is 0 Å². The fourth-order valence-electron chi connectivity index (χ4n) is 2.46. The van der Waals surface area contributed by atoms with Crippen molar-refractivity contribution in [3.8, 4) is 17.4 Å². The molecule has 0 bridgehead atoms. The normalized spacial score (nSPS) is 13.0. The van der Waals surface area contributed by atoms with Crippen molar-refractivity contribution in [2.24, 2.45) is 0 Å². The Kier molecular flexibility index (Phi) is 5.75. The Bertz CT molecular complexity index is 839. The first-order valence-electron chi connectivity index (χ1n) is 8.53. The molecule has 0 saturated carbocycles. The van der Waals surface area contributed by atoms with E-state index in [1.165, 1.54) is 19.2 Å². The van der Waals surface area contributed by atoms with Crippen LogP contribution in [0.5, 0.6) is 17.4 Å². The summed E-state index contributed by atoms with van der Waals surface area (Å²) in [6, 6.07) is 8.55. The highest BCUT2D eigenvalue weighted by Gasteiger charge is 2.22. The van der Waals surface area contributed by atoms with Gasteiger partial charge >= 0.3 is 5.97 Å². The van der Waals surface area contributed by atoms with E-state index in [-0.39, 0.29) is 24.8 Å². The molecule has 0 saturated heterocycles. The van der Waals surface area contributed by atoms with Crippen LogP contribution in [0.4, 0.5) is 0 Å². The second-order valence-corrected chi connectivity index (χ2v) is 5.74. The lowest BCUT2D eigenvalue weighted by Gasteiger charge is -2.14. The molecule has 2 aromatic rings. The van der Waals surface area contributed by atoms with Gasteiger partial charge in [0.25, 0.3) is 5.91 Å². The molecule has 8 heteroatoms. The van der Waals surface area contributed by atoms with Crippen molar-refractivity contribution < 1.29 is 28.5 Å². The number of carbonyl (C=O) groups excluding carboxylic acids is 2. The van der Waals surface area contributed by atoms with Gasteiger partial charge in [-0.25, -0.2) is 9.78 Å². The molecule has 1 atom stereocenters. The van der Waals surface area contributed by atoms with E-state index < -0.39 is 18.0 Å². The number of aromatic nitrogens is 1. The molecule has 0 fully saturated rings. The zero-order chi connectivity index (χ0) is 19.2. The molecule has 1 N–H and O–H groups in total. The van der Waals surface area contributed by atoms with Gasteiger partial charge in [0.2, 0.25) is 12.7 Å². The summed E-state index contributed by atoms with van der Waals surface area (Å²) in [5.74, 6) is 0.410. The van der Waals surface area contributed by atoms with Crippen LogP contribution in [0, 0.1) is 0 Å². The highest BCUT2D eigenvalue weighted by atomic mass is 16.7. The standard InChI is InChI=1S/C19H20N2O6/c1-3-24-18-14(5-4-8-20-18)19(23)27-12(2)17(22)21-10-13-6-7-15-16(9-13)26-11-25-15/h4-9,12H,3,10-11H2,1-2H3,(H,21,22). The second-order valence-electron chi connectivity index (χ2n) is 5.74. The Morgan fingerprint density at radius 2 is 2.07 bits per heavy atom. The van der Waals surface area contributed by atoms with Gasteiger partial charge in [-0.05, 0) is 43.7 Å². The second kappa shape index (κ2) is 8.39. The molecule has 1 aromatic heterocycles. The Morgan fingerprint density at radius 1 is 1.26 bits per heavy atom. The maximum absolute atomic E-state index is 12.3. The van der Waals surface area contributed by atoms with E-state index in [2.05, 4.69) is 10.3 Å². The van der Waals surface area contributed by atoms with Crippen LogP contribution >= 0.6 is 0 Å². The van der Waals surface area contributed by atoms with Gasteiger partial charge in [-0.2, -0.15) is 0 Å². The quantitative estimate of drug-likeness (QED) is 0.743. The Balaban J connectivity index is 1.55. The first kappa shape index (κ1) is 18.5. The summed E-state index contributed by atoms with van der Waals surface area (Å²) in [5, 5.41) is 2.73. The average Bonchev–Trinajstić information content (AvgIpc) is 3.14. The van der Waals surface area contributed by atoms with Crippen LogP contribution in [0.2, 0.25) is 0 Å². The minimum atomic E-state index is -0.971. The Labute approximate surface area is 156 Å². The predicted octanol–water partition coefficient (Wildman–Crippen LogP) is 2.07. The smallest absolute Gasteiger partial charge is 0.344 e. The number of ether oxygens (including phenoxy) is 4. The first-order valence-corrected chi connectivity index (χ1v) is 8.53. The van der Waals surface area contributed by atoms with Crippen LogP contribution in [0.25, 0.3) is 0 Å². The van der Waals surface area contributed by atoms with Gasteiger partial charge in [0.05, 0.1) is 6.61 Å². The number of carbonyl (C=O) groups is 2. The van der Waals surface area contributed by atoms with Crippen LogP contribution in [-0.4, -0.2) is 36.4 Å². The first-order chi connectivity index (χ1) is 13.1. The molecule has 0 aliphatic carbocycles. The van der Waals surface area contributed by atoms with Crippen LogP contribution in [0.1, 0.15) is 29.8 Å². The largest absolute Gasteiger partial charge is 0.477 e. The average molecular weight is 372 g/mol. The van der Waals surface area contributed by atoms with Crippen molar-refractivity contribution in [1.82, 2.24) is 10.3 Å². The molecule has 0 radical (unpaired) electrons. The maximum Gasteiger partial charge on any atom is 0.344 e. The van der Waals surface area contributed by atoms with Gasteiger partial charge in [0, 0.05) is 12.7 Å². The van der Waals surface area contributed by atoms with E-state index in [0.29, 0.717) is 18.1 Å². The summed E-state index contributed by atoms with van der Waals surface area (Å²) in [7, 11) is 0. The van der Waals surface area contributed by atoms with Crippen molar-refractivity contribution in [2.45, 2.75) is 26.5 Å². The van der Waals surface area contributed by atoms with Gasteiger partial charge < -0.3 is 24.3 Å². The molecule has 2 heterocycles. The number of nitrogens with one attached hydrogen (secondary N) is 1. The third-order valence-corrected chi connectivity index (χ3v) is 3.83. The molecule has 1 amide bonds. The molecule has 1 unspecified atom stereocenters. The van der Waals surface area contributed by atoms with Crippen molar-refractivity contribution in [1.29, 1.82) is 0 Å². The number of pyridine rings is 1. The number of benzene rings is 1. The SMILES string of the molecule is CCOc1ncccc1C(=O)OC(C)C(=O)NCc1ccc2c(c1)OCO2. The van der Waals surface area contributed by atoms with E-state index in [4.69, 9.17) is 18.9 Å². The Hall–Kier alpha value is -3.29. The van der Waals surface area contributed by atoms with Crippen LogP contribution in [0.3, 0.4) is 0 Å². The minimum Gasteiger partial charge on any atom is -0.477 e. The Morgan fingerprint density at radius 3 is 2.89 bits per heavy atom. The molecule has 1 aromatic carbocycles. The van der Waals surface area contributed by atoms with Crippen molar-refractivity contribution >= 4 is 11.9 Å². The monoisotopic (exact) mass is 372 g/mol. The zero-order valence-corrected chi connectivity index (χ0v) is 15.1. The van der Waals surface area contributed by atoms with Crippen LogP contribution < -0.4 is 19.5 Å². The number of hydrogen-bond acceptors (Lipinski definition) is 7. The molecule has 8 nitrogen and oxygen atoms in total. The van der Waals surface area contributed by atoms with Crippen molar-refractivity contribution in [3.05, 3.63) is 47.7 Å². The number of nitrogens with zero attached hydrogens (tertiary/aromatic N) is 1. The minimum absolute atomic E-state index is 0.176. The van der Waals surface area contributed by atoms with Gasteiger partial charge in [0.1, 0.15) is 5.56 Å². The number of esters is 1. The van der Waals surface area contributed by atoms with Crippen LogP contribution in [-0.2, 0) is 16.1 Å². The fourth-order valence-corrected chi connectivity index (χ4v) is 2.46. The number of rotatable bonds is 7. The molecule has 27 heavy (non-hydrogen) atoms. The molecular weight excluding hydrogens is 352 g/mol. The predicted molar refractivity (Wildman–Crippen MR) is 94.7 cm³/mol. The van der Waals surface area contributed by atoms with Crippen LogP contribution in [0.15, 0.2) is 36.5 Å². The molecule has 1 aliphatic rings. The van der Waals surface area contributed by atoms with E-state index >= 15 is 0 Å². The lowest BCUT2D eigenvalue weighted by Crippen LogP contribution is -2.35. The molecular formula is C19H20N2O6. The lowest BCUT2D eigenvalue weighted by molar-refractivity contribution is -0.129. The zero-order valence-electron chi connectivity index (χ0n) is 15.1. The third-order valence-electron chi connectivity index (χ3n) is 3.83. The number of fused-ring (bicyclic) bond motifs is 1. The third kappa shape index (κ3) is 4.46. The lowest BCUT2D eigenvalue weighted by atomic mass is 10.2. The topological polar surface area (TPSA) is 96.0 Å². The molecule has 0 spiro atoms. The van der Waals surface area contributed by atoms with Gasteiger partial charge in [-0.1, -0.05) is 6.07 Å². The van der Waals surface area contributed by atoms with Gasteiger partial charge in [-0.15, -0.1) is 0 Å². The molecule has 1 aliphatic heterocycles. The summed E-state index contributed by atoms with van der Waals surface area (Å²) in [4.78, 5) is 28.5. The van der Waals surface area contributed by atoms with Gasteiger partial charge in [-0.3, -0.25) is 4.79 Å². The molecule has 3 rings (SSSR count). The molecule has 142 valence electrons. The highest BCUT2D eigenvalue weighted by molar-refractivity contribution is 5.94. The van der Waals surface area contributed by atoms with E-state index in [0.717, 1.165) is 5.56 Å². The number of amides is 1. The van der Waals surface area contributed by atoms with E-state index in [9.17, 15) is 9.59 Å². The van der Waals surface area contributed by atoms with E-state index in [1.54, 1.807) is 25.1 Å². The summed E-state index contributed by atoms with van der Waals surface area (Å²) >= 11 is 0.